The Bertz CT molecular complexity index is 1090. The van der Waals surface area contributed by atoms with E-state index in [9.17, 15) is 9.59 Å². The van der Waals surface area contributed by atoms with Gasteiger partial charge in [0.2, 0.25) is 11.7 Å². The van der Waals surface area contributed by atoms with Crippen LogP contribution in [0.25, 0.3) is 11.4 Å². The number of anilines is 1. The third-order valence-corrected chi connectivity index (χ3v) is 5.41. The van der Waals surface area contributed by atoms with Crippen LogP contribution >= 0.6 is 0 Å². The number of urea groups is 1. The number of aromatic nitrogens is 2. The lowest BCUT2D eigenvalue weighted by Gasteiger charge is -2.33. The molecule has 2 heterocycles. The summed E-state index contributed by atoms with van der Waals surface area (Å²) >= 11 is 0. The lowest BCUT2D eigenvalue weighted by atomic mass is 10.0. The maximum absolute atomic E-state index is 13.0. The molecule has 1 aliphatic rings. The van der Waals surface area contributed by atoms with Gasteiger partial charge in [-0.2, -0.15) is 4.98 Å². The van der Waals surface area contributed by atoms with Crippen LogP contribution in [-0.2, 0) is 4.74 Å². The van der Waals surface area contributed by atoms with E-state index < -0.39 is 0 Å². The van der Waals surface area contributed by atoms with Crippen LogP contribution in [0.5, 0.6) is 0 Å². The van der Waals surface area contributed by atoms with E-state index in [1.165, 1.54) is 0 Å². The number of esters is 1. The average molecular weight is 434 g/mol. The Morgan fingerprint density at radius 2 is 2.00 bits per heavy atom. The molecule has 0 aliphatic carbocycles. The van der Waals surface area contributed by atoms with E-state index in [1.54, 1.807) is 36.1 Å². The highest BCUT2D eigenvalue weighted by Crippen LogP contribution is 2.32. The zero-order valence-electron chi connectivity index (χ0n) is 18.2. The van der Waals surface area contributed by atoms with Gasteiger partial charge in [0.15, 0.2) is 0 Å². The summed E-state index contributed by atoms with van der Waals surface area (Å²) in [4.78, 5) is 31.1. The molecule has 1 N–H and O–H groups in total. The molecule has 8 nitrogen and oxygen atoms in total. The molecule has 2 amide bonds. The highest BCUT2D eigenvalue weighted by atomic mass is 16.5. The van der Waals surface area contributed by atoms with Gasteiger partial charge in [0, 0.05) is 17.8 Å². The number of benzene rings is 2. The molecular formula is C24H26N4O4. The Hall–Kier alpha value is -3.68. The Morgan fingerprint density at radius 3 is 2.75 bits per heavy atom. The average Bonchev–Trinajstić information content (AvgIpc) is 3.30. The quantitative estimate of drug-likeness (QED) is 0.569. The van der Waals surface area contributed by atoms with Crippen molar-refractivity contribution in [3.8, 4) is 11.4 Å². The fraction of sp³-hybridized carbons (Fsp3) is 0.333. The number of rotatable bonds is 5. The summed E-state index contributed by atoms with van der Waals surface area (Å²) < 4.78 is 10.5. The van der Waals surface area contributed by atoms with Crippen LogP contribution in [0.4, 0.5) is 10.5 Å². The number of nitrogens with zero attached hydrogens (tertiary/aromatic N) is 3. The maximum atomic E-state index is 13.0. The molecular weight excluding hydrogens is 408 g/mol. The topological polar surface area (TPSA) is 97.6 Å². The van der Waals surface area contributed by atoms with Crippen molar-refractivity contribution in [1.82, 2.24) is 15.0 Å². The lowest BCUT2D eigenvalue weighted by Crippen LogP contribution is -2.41. The van der Waals surface area contributed by atoms with Gasteiger partial charge in [-0.3, -0.25) is 0 Å². The normalized spacial score (nSPS) is 15.9. The van der Waals surface area contributed by atoms with Gasteiger partial charge in [0.1, 0.15) is 6.04 Å². The van der Waals surface area contributed by atoms with Crippen LogP contribution in [0.3, 0.4) is 0 Å². The number of carbonyl (C=O) groups is 2. The van der Waals surface area contributed by atoms with Crippen molar-refractivity contribution in [2.75, 3.05) is 18.5 Å². The lowest BCUT2D eigenvalue weighted by molar-refractivity contribution is 0.0526. The second kappa shape index (κ2) is 9.64. The van der Waals surface area contributed by atoms with Gasteiger partial charge in [-0.1, -0.05) is 28.9 Å². The molecule has 1 aliphatic heterocycles. The van der Waals surface area contributed by atoms with Gasteiger partial charge < -0.3 is 19.5 Å². The first kappa shape index (κ1) is 21.5. The molecule has 0 spiro atoms. The number of ether oxygens (including phenoxy) is 1. The summed E-state index contributed by atoms with van der Waals surface area (Å²) in [7, 11) is 0. The van der Waals surface area contributed by atoms with Crippen LogP contribution in [0.15, 0.2) is 53.1 Å². The maximum Gasteiger partial charge on any atom is 0.338 e. The summed E-state index contributed by atoms with van der Waals surface area (Å²) in [6.07, 6.45) is 2.64. The summed E-state index contributed by atoms with van der Waals surface area (Å²) in [6.45, 7) is 4.68. The number of amides is 2. The molecule has 166 valence electrons. The van der Waals surface area contributed by atoms with E-state index in [0.717, 1.165) is 30.4 Å². The van der Waals surface area contributed by atoms with Crippen molar-refractivity contribution in [3.05, 3.63) is 65.5 Å². The fourth-order valence-corrected chi connectivity index (χ4v) is 3.80. The monoisotopic (exact) mass is 434 g/mol. The van der Waals surface area contributed by atoms with E-state index in [0.29, 0.717) is 36.1 Å². The number of aryl methyl sites for hydroxylation is 1. The number of piperidine rings is 1. The van der Waals surface area contributed by atoms with E-state index in [4.69, 9.17) is 9.26 Å². The number of likely N-dealkylation sites (tertiary alicyclic amines) is 1. The number of hydrogen-bond donors (Lipinski definition) is 1. The van der Waals surface area contributed by atoms with Crippen LogP contribution < -0.4 is 5.32 Å². The van der Waals surface area contributed by atoms with Gasteiger partial charge in [0.05, 0.1) is 12.2 Å². The molecule has 3 aromatic rings. The molecule has 4 rings (SSSR count). The largest absolute Gasteiger partial charge is 0.462 e. The predicted octanol–water partition coefficient (Wildman–Crippen LogP) is 4.98. The van der Waals surface area contributed by atoms with Crippen LogP contribution in [-0.4, -0.2) is 40.2 Å². The minimum Gasteiger partial charge on any atom is -0.462 e. The smallest absolute Gasteiger partial charge is 0.338 e. The van der Waals surface area contributed by atoms with E-state index in [-0.39, 0.29) is 18.0 Å². The Morgan fingerprint density at radius 1 is 1.19 bits per heavy atom. The number of nitrogens with one attached hydrogen (secondary N) is 1. The van der Waals surface area contributed by atoms with Gasteiger partial charge in [-0.15, -0.1) is 0 Å². The van der Waals surface area contributed by atoms with Crippen molar-refractivity contribution < 1.29 is 18.8 Å². The van der Waals surface area contributed by atoms with E-state index in [1.807, 2.05) is 31.2 Å². The standard InChI is InChI=1S/C24H26N4O4/c1-3-31-23(29)17-10-12-19(13-11-17)25-24(30)28-14-5-4-9-20(28)22-26-21(27-32-22)18-8-6-7-16(2)15-18/h6-8,10-13,15,20H,3-5,9,14H2,1-2H3,(H,25,30). The van der Waals surface area contributed by atoms with Gasteiger partial charge >= 0.3 is 12.0 Å². The van der Waals surface area contributed by atoms with Crippen LogP contribution in [0, 0.1) is 6.92 Å². The molecule has 2 aromatic carbocycles. The first-order valence-electron chi connectivity index (χ1n) is 10.8. The molecule has 8 heteroatoms. The summed E-state index contributed by atoms with van der Waals surface area (Å²) in [5.74, 6) is 0.570. The fourth-order valence-electron chi connectivity index (χ4n) is 3.80. The van der Waals surface area contributed by atoms with Crippen molar-refractivity contribution in [1.29, 1.82) is 0 Å². The summed E-state index contributed by atoms with van der Waals surface area (Å²) in [5.41, 5.74) is 3.03. The second-order valence-electron chi connectivity index (χ2n) is 7.76. The van der Waals surface area contributed by atoms with E-state index in [2.05, 4.69) is 15.5 Å². The van der Waals surface area contributed by atoms with Gasteiger partial charge in [0.25, 0.3) is 0 Å². The van der Waals surface area contributed by atoms with Gasteiger partial charge in [-0.05, 0) is 63.4 Å². The highest BCUT2D eigenvalue weighted by molar-refractivity contribution is 5.92. The Kier molecular flexibility index (Phi) is 6.49. The molecule has 0 radical (unpaired) electrons. The van der Waals surface area contributed by atoms with Crippen LogP contribution in [0.2, 0.25) is 0 Å². The predicted molar refractivity (Wildman–Crippen MR) is 119 cm³/mol. The minimum absolute atomic E-state index is 0.242. The first-order valence-corrected chi connectivity index (χ1v) is 10.8. The highest BCUT2D eigenvalue weighted by Gasteiger charge is 2.32. The van der Waals surface area contributed by atoms with Gasteiger partial charge in [-0.25, -0.2) is 9.59 Å². The summed E-state index contributed by atoms with van der Waals surface area (Å²) in [6, 6.07) is 14.0. The molecule has 1 saturated heterocycles. The molecule has 0 bridgehead atoms. The van der Waals surface area contributed by atoms with Crippen molar-refractivity contribution in [3.63, 3.8) is 0 Å². The molecule has 1 fully saturated rings. The SMILES string of the molecule is CCOC(=O)c1ccc(NC(=O)N2CCCCC2c2nc(-c3cccc(C)c3)no2)cc1. The molecule has 0 saturated carbocycles. The van der Waals surface area contributed by atoms with Crippen molar-refractivity contribution in [2.24, 2.45) is 0 Å². The zero-order chi connectivity index (χ0) is 22.5. The van der Waals surface area contributed by atoms with Crippen LogP contribution in [0.1, 0.15) is 54.0 Å². The third-order valence-electron chi connectivity index (χ3n) is 5.41. The third kappa shape index (κ3) is 4.80. The number of hydrogen-bond acceptors (Lipinski definition) is 6. The zero-order valence-corrected chi connectivity index (χ0v) is 18.2. The Labute approximate surface area is 186 Å². The van der Waals surface area contributed by atoms with E-state index >= 15 is 0 Å². The molecule has 1 unspecified atom stereocenters. The molecule has 32 heavy (non-hydrogen) atoms. The van der Waals surface area contributed by atoms with Crippen molar-refractivity contribution >= 4 is 17.7 Å². The number of carbonyl (C=O) groups excluding carboxylic acids is 2. The molecule has 1 atom stereocenters. The first-order chi connectivity index (χ1) is 15.5. The summed E-state index contributed by atoms with van der Waals surface area (Å²) in [5, 5.41) is 7.03. The van der Waals surface area contributed by atoms with Crippen molar-refractivity contribution in [2.45, 2.75) is 39.2 Å². The second-order valence-corrected chi connectivity index (χ2v) is 7.76. The minimum atomic E-state index is -0.387. The molecule has 1 aromatic heterocycles. The Balaban J connectivity index is 1.48.